The molecule has 0 heterocycles. The molecule has 1 aromatic carbocycles. The van der Waals surface area contributed by atoms with Gasteiger partial charge in [-0.15, -0.1) is 0 Å². The van der Waals surface area contributed by atoms with Crippen molar-refractivity contribution in [1.29, 1.82) is 0 Å². The zero-order valence-electron chi connectivity index (χ0n) is 3.46. The van der Waals surface area contributed by atoms with Crippen molar-refractivity contribution in [2.24, 2.45) is 0 Å². The molecule has 0 bridgehead atoms. The first-order chi connectivity index (χ1) is 3.00. The van der Waals surface area contributed by atoms with E-state index in [1.807, 2.05) is 36.4 Å². The van der Waals surface area contributed by atoms with Crippen LogP contribution in [0.5, 0.6) is 0 Å². The van der Waals surface area contributed by atoms with Gasteiger partial charge in [-0.2, -0.15) is 0 Å². The Morgan fingerprint density at radius 3 is 0.714 bits per heavy atom. The first kappa shape index (κ1) is 6.82. The first-order valence-corrected chi connectivity index (χ1v) is 2.00. The fraction of sp³-hybridized carbons (Fsp3) is 0. The van der Waals surface area contributed by atoms with Gasteiger partial charge >= 0.3 is 18.9 Å². The fourth-order valence-corrected chi connectivity index (χ4v) is 0.385. The van der Waals surface area contributed by atoms with E-state index in [0.717, 1.165) is 0 Å². The maximum Gasteiger partial charge on any atom is -0.0623 e. The van der Waals surface area contributed by atoms with E-state index >= 15 is 0 Å². The molecule has 0 radical (unpaired) electrons. The Bertz CT molecular complexity index is 76.1. The third-order valence-electron chi connectivity index (χ3n) is 0.667. The fourth-order valence-electron chi connectivity index (χ4n) is 0.385. The van der Waals surface area contributed by atoms with Gasteiger partial charge in [-0.25, -0.2) is 0 Å². The summed E-state index contributed by atoms with van der Waals surface area (Å²) in [6.45, 7) is 0. The molecule has 0 atom stereocenters. The Labute approximate surface area is 55.7 Å². The van der Waals surface area contributed by atoms with E-state index in [0.29, 0.717) is 0 Å². The van der Waals surface area contributed by atoms with Gasteiger partial charge in [0.05, 0.1) is 0 Å². The maximum atomic E-state index is 2.00. The van der Waals surface area contributed by atoms with Crippen molar-refractivity contribution in [2.75, 3.05) is 0 Å². The minimum atomic E-state index is 0. The largest absolute Gasteiger partial charge is 0.0623 e. The molecule has 32 valence electrons. The monoisotopic (exact) mass is 86.1 g/mol. The van der Waals surface area contributed by atoms with E-state index in [9.17, 15) is 0 Å². The van der Waals surface area contributed by atoms with Crippen LogP contribution in [-0.2, 0) is 0 Å². The van der Waals surface area contributed by atoms with Gasteiger partial charge in [-0.3, -0.25) is 0 Å². The zero-order valence-corrected chi connectivity index (χ0v) is 3.46. The summed E-state index contributed by atoms with van der Waals surface area (Å²) in [4.78, 5) is 0. The number of benzene rings is 1. The standard InChI is InChI=1S/C6H6.Li.H/c1-2-4-6-5-3-1;;/h1-6H;;. The summed E-state index contributed by atoms with van der Waals surface area (Å²) in [6.07, 6.45) is 0. The topological polar surface area (TPSA) is 0 Å². The summed E-state index contributed by atoms with van der Waals surface area (Å²) in [5.41, 5.74) is 0. The molecule has 7 heavy (non-hydrogen) atoms. The molecule has 1 heteroatoms. The van der Waals surface area contributed by atoms with E-state index in [-0.39, 0.29) is 18.9 Å². The molecule has 0 saturated heterocycles. The van der Waals surface area contributed by atoms with Crippen molar-refractivity contribution in [3.63, 3.8) is 0 Å². The smallest absolute Gasteiger partial charge is 0.0623 e. The van der Waals surface area contributed by atoms with Crippen molar-refractivity contribution < 1.29 is 0 Å². The van der Waals surface area contributed by atoms with Crippen LogP contribution in [0, 0.1) is 0 Å². The Kier molecular flexibility index (Phi) is 3.89. The van der Waals surface area contributed by atoms with Crippen LogP contribution in [0.3, 0.4) is 0 Å². The predicted octanol–water partition coefficient (Wildman–Crippen LogP) is 1.04. The van der Waals surface area contributed by atoms with Gasteiger partial charge in [0, 0.05) is 0 Å². The van der Waals surface area contributed by atoms with Crippen molar-refractivity contribution in [2.45, 2.75) is 0 Å². The van der Waals surface area contributed by atoms with Gasteiger partial charge < -0.3 is 0 Å². The molecule has 0 nitrogen and oxygen atoms in total. The molecule has 0 N–H and O–H groups in total. The van der Waals surface area contributed by atoms with Gasteiger partial charge in [-0.05, 0) is 0 Å². The third kappa shape index (κ3) is 2.50. The van der Waals surface area contributed by atoms with E-state index in [2.05, 4.69) is 0 Å². The molecular weight excluding hydrogens is 79.0 g/mol. The minimum absolute atomic E-state index is 0. The normalized spacial score (nSPS) is 6.86. The summed E-state index contributed by atoms with van der Waals surface area (Å²) in [5.74, 6) is 0. The Morgan fingerprint density at radius 2 is 0.571 bits per heavy atom. The average molecular weight is 86.1 g/mol. The second kappa shape index (κ2) is 3.99. The molecule has 0 aliphatic heterocycles. The molecule has 0 aliphatic rings. The van der Waals surface area contributed by atoms with Crippen molar-refractivity contribution in [1.82, 2.24) is 0 Å². The molecule has 0 unspecified atom stereocenters. The van der Waals surface area contributed by atoms with E-state index in [1.165, 1.54) is 0 Å². The minimum Gasteiger partial charge on any atom is -0.0623 e. The first-order valence-electron chi connectivity index (χ1n) is 2.00. The number of rotatable bonds is 0. The molecule has 1 rings (SSSR count). The SMILES string of the molecule is [LiH].c1ccccc1. The van der Waals surface area contributed by atoms with E-state index in [4.69, 9.17) is 0 Å². The van der Waals surface area contributed by atoms with E-state index in [1.54, 1.807) is 0 Å². The maximum absolute atomic E-state index is 2.00. The van der Waals surface area contributed by atoms with Gasteiger partial charge in [0.2, 0.25) is 0 Å². The van der Waals surface area contributed by atoms with Crippen LogP contribution in [0.2, 0.25) is 0 Å². The summed E-state index contributed by atoms with van der Waals surface area (Å²) in [7, 11) is 0. The van der Waals surface area contributed by atoms with Crippen molar-refractivity contribution in [3.05, 3.63) is 36.4 Å². The molecule has 0 fully saturated rings. The average Bonchev–Trinajstić information content (AvgIpc) is 1.72. The molecule has 1 aromatic rings. The third-order valence-corrected chi connectivity index (χ3v) is 0.667. The Hall–Kier alpha value is -0.183. The van der Waals surface area contributed by atoms with Gasteiger partial charge in [0.15, 0.2) is 0 Å². The molecular formula is C6H7Li. The zero-order chi connectivity index (χ0) is 4.24. The van der Waals surface area contributed by atoms with Crippen LogP contribution in [0.25, 0.3) is 0 Å². The van der Waals surface area contributed by atoms with Crippen molar-refractivity contribution >= 4 is 18.9 Å². The Balaban J connectivity index is 0.000000360. The summed E-state index contributed by atoms with van der Waals surface area (Å²) < 4.78 is 0. The second-order valence-electron chi connectivity index (χ2n) is 1.15. The van der Waals surface area contributed by atoms with Crippen LogP contribution in [0.4, 0.5) is 0 Å². The summed E-state index contributed by atoms with van der Waals surface area (Å²) in [6, 6.07) is 12.0. The molecule has 0 saturated carbocycles. The number of hydrogen-bond donors (Lipinski definition) is 0. The van der Waals surface area contributed by atoms with Gasteiger partial charge in [-0.1, -0.05) is 36.4 Å². The van der Waals surface area contributed by atoms with Crippen LogP contribution < -0.4 is 0 Å². The predicted molar refractivity (Wildman–Crippen MR) is 33.6 cm³/mol. The van der Waals surface area contributed by atoms with Gasteiger partial charge in [0.1, 0.15) is 0 Å². The van der Waals surface area contributed by atoms with Crippen LogP contribution >= 0.6 is 0 Å². The molecule has 0 aliphatic carbocycles. The molecule has 0 amide bonds. The number of hydrogen-bond acceptors (Lipinski definition) is 0. The van der Waals surface area contributed by atoms with Crippen LogP contribution in [0.1, 0.15) is 0 Å². The van der Waals surface area contributed by atoms with Gasteiger partial charge in [0.25, 0.3) is 0 Å². The summed E-state index contributed by atoms with van der Waals surface area (Å²) >= 11 is 0. The summed E-state index contributed by atoms with van der Waals surface area (Å²) in [5, 5.41) is 0. The second-order valence-corrected chi connectivity index (χ2v) is 1.15. The van der Waals surface area contributed by atoms with Crippen LogP contribution in [-0.4, -0.2) is 18.9 Å². The quantitative estimate of drug-likeness (QED) is 0.414. The van der Waals surface area contributed by atoms with E-state index < -0.39 is 0 Å². The van der Waals surface area contributed by atoms with Crippen molar-refractivity contribution in [3.8, 4) is 0 Å². The molecule has 0 spiro atoms. The van der Waals surface area contributed by atoms with Crippen LogP contribution in [0.15, 0.2) is 36.4 Å². The molecule has 0 aromatic heterocycles. The Morgan fingerprint density at radius 1 is 0.429 bits per heavy atom.